The molecule has 0 N–H and O–H groups in total. The molecule has 2 aromatic heterocycles. The van der Waals surface area contributed by atoms with Crippen molar-refractivity contribution in [1.29, 1.82) is 0 Å². The maximum absolute atomic E-state index is 4.28. The molecular formula is C13H10N7+. The zero-order valence-electron chi connectivity index (χ0n) is 10.4. The molecule has 2 aliphatic heterocycles. The minimum Gasteiger partial charge on any atom is -0.263 e. The van der Waals surface area contributed by atoms with Gasteiger partial charge in [-0.3, -0.25) is 9.55 Å². The highest BCUT2D eigenvalue weighted by Gasteiger charge is 2.41. The highest BCUT2D eigenvalue weighted by molar-refractivity contribution is 6.01. The number of hydrogen-bond acceptors (Lipinski definition) is 5. The third-order valence-electron chi connectivity index (χ3n) is 3.25. The van der Waals surface area contributed by atoms with Gasteiger partial charge in [-0.2, -0.15) is 9.98 Å². The lowest BCUT2D eigenvalue weighted by Crippen LogP contribution is -2.45. The number of hydrogen-bond donors (Lipinski definition) is 0. The van der Waals surface area contributed by atoms with Gasteiger partial charge >= 0.3 is 0 Å². The van der Waals surface area contributed by atoms with Crippen LogP contribution in [0, 0.1) is 0 Å². The first-order valence-corrected chi connectivity index (χ1v) is 6.04. The summed E-state index contributed by atoms with van der Waals surface area (Å²) in [5.74, 6) is 1.66. The van der Waals surface area contributed by atoms with E-state index in [2.05, 4.69) is 24.9 Å². The van der Waals surface area contributed by atoms with Crippen molar-refractivity contribution in [1.82, 2.24) is 19.0 Å². The Balaban J connectivity index is 1.91. The van der Waals surface area contributed by atoms with Gasteiger partial charge in [-0.25, -0.2) is 9.98 Å². The molecule has 0 bridgehead atoms. The van der Waals surface area contributed by atoms with Crippen molar-refractivity contribution in [3.05, 3.63) is 49.1 Å². The van der Waals surface area contributed by atoms with Crippen LogP contribution in [0.5, 0.6) is 0 Å². The Labute approximate surface area is 114 Å². The second kappa shape index (κ2) is 4.04. The summed E-state index contributed by atoms with van der Waals surface area (Å²) in [5.41, 5.74) is 0.926. The lowest BCUT2D eigenvalue weighted by Gasteiger charge is -2.25. The van der Waals surface area contributed by atoms with Gasteiger partial charge in [0.05, 0.1) is 11.9 Å². The fourth-order valence-corrected chi connectivity index (χ4v) is 2.30. The van der Waals surface area contributed by atoms with Crippen molar-refractivity contribution in [2.45, 2.75) is 0 Å². The molecule has 20 heavy (non-hydrogen) atoms. The summed E-state index contributed by atoms with van der Waals surface area (Å²) in [4.78, 5) is 21.0. The van der Waals surface area contributed by atoms with Crippen LogP contribution in [0.1, 0.15) is 0 Å². The SMILES string of the molecule is C1=NC=NC2=CN=C[N+]12c1cncn1-c1cccnc1. The van der Waals surface area contributed by atoms with Gasteiger partial charge < -0.3 is 0 Å². The molecule has 0 aromatic carbocycles. The molecule has 0 fully saturated rings. The second-order valence-electron chi connectivity index (χ2n) is 4.37. The molecule has 0 spiro atoms. The lowest BCUT2D eigenvalue weighted by molar-refractivity contribution is 0.707. The van der Waals surface area contributed by atoms with Gasteiger partial charge in [0, 0.05) is 6.20 Å². The first-order valence-electron chi connectivity index (χ1n) is 6.04. The molecule has 0 saturated carbocycles. The maximum atomic E-state index is 4.28. The molecule has 4 rings (SSSR count). The van der Waals surface area contributed by atoms with Crippen LogP contribution >= 0.6 is 0 Å². The first-order chi connectivity index (χ1) is 9.90. The van der Waals surface area contributed by atoms with Gasteiger partial charge in [-0.15, -0.1) is 4.48 Å². The van der Waals surface area contributed by atoms with E-state index in [-0.39, 0.29) is 4.48 Å². The van der Waals surface area contributed by atoms with Gasteiger partial charge in [0.15, 0.2) is 0 Å². The number of fused-ring (bicyclic) bond motifs is 1. The van der Waals surface area contributed by atoms with Crippen LogP contribution in [0.2, 0.25) is 0 Å². The molecular weight excluding hydrogens is 254 g/mol. The van der Waals surface area contributed by atoms with Crippen molar-refractivity contribution in [3.63, 3.8) is 0 Å². The third-order valence-corrected chi connectivity index (χ3v) is 3.25. The Morgan fingerprint density at radius 2 is 2.00 bits per heavy atom. The van der Waals surface area contributed by atoms with E-state index in [9.17, 15) is 0 Å². The molecule has 1 atom stereocenters. The van der Waals surface area contributed by atoms with E-state index in [4.69, 9.17) is 0 Å². The maximum Gasteiger partial charge on any atom is 0.266 e. The van der Waals surface area contributed by atoms with Gasteiger partial charge in [0.2, 0.25) is 12.7 Å². The fraction of sp³-hybridized carbons (Fsp3) is 0. The average molecular weight is 264 g/mol. The van der Waals surface area contributed by atoms with Crippen molar-refractivity contribution >= 4 is 24.8 Å². The predicted octanol–water partition coefficient (Wildman–Crippen LogP) is 1.49. The average Bonchev–Trinajstić information content (AvgIpc) is 3.15. The highest BCUT2D eigenvalue weighted by atomic mass is 15.5. The Bertz CT molecular complexity index is 769. The quantitative estimate of drug-likeness (QED) is 0.771. The number of rotatable bonds is 2. The molecule has 4 heterocycles. The van der Waals surface area contributed by atoms with Gasteiger partial charge in [-0.05, 0) is 12.1 Å². The smallest absolute Gasteiger partial charge is 0.263 e. The standard InChI is InChI=1S/C13H10N7/c1-2-11(4-14-3-1)19-8-15-6-13(19)20-9-16-5-12(20)18-7-17-10-20/h1-10H/q+1. The Kier molecular flexibility index (Phi) is 2.21. The molecule has 0 aliphatic carbocycles. The van der Waals surface area contributed by atoms with Gasteiger partial charge in [-0.1, -0.05) is 0 Å². The number of aliphatic imine (C=N–C) groups is 3. The molecule has 0 radical (unpaired) electrons. The summed E-state index contributed by atoms with van der Waals surface area (Å²) < 4.78 is 2.18. The Morgan fingerprint density at radius 1 is 1.05 bits per heavy atom. The van der Waals surface area contributed by atoms with Crippen molar-refractivity contribution in [2.75, 3.05) is 0 Å². The lowest BCUT2D eigenvalue weighted by atomic mass is 10.4. The van der Waals surface area contributed by atoms with Crippen LogP contribution in [0.4, 0.5) is 5.82 Å². The summed E-state index contributed by atoms with van der Waals surface area (Å²) in [6.45, 7) is 0. The van der Waals surface area contributed by atoms with Crippen molar-refractivity contribution < 1.29 is 0 Å². The summed E-state index contributed by atoms with van der Waals surface area (Å²) in [6, 6.07) is 3.85. The minimum atomic E-state index is 0.228. The van der Waals surface area contributed by atoms with E-state index < -0.39 is 0 Å². The molecule has 7 nitrogen and oxygen atoms in total. The summed E-state index contributed by atoms with van der Waals surface area (Å²) >= 11 is 0. The first kappa shape index (κ1) is 10.9. The molecule has 2 aliphatic rings. The number of nitrogens with zero attached hydrogens (tertiary/aromatic N) is 7. The molecule has 0 amide bonds. The third kappa shape index (κ3) is 1.41. The zero-order valence-corrected chi connectivity index (χ0v) is 10.4. The normalized spacial score (nSPS) is 22.9. The number of pyridine rings is 1. The van der Waals surface area contributed by atoms with E-state index in [1.165, 1.54) is 6.34 Å². The summed E-state index contributed by atoms with van der Waals surface area (Å²) in [5, 5.41) is 0. The number of imidazole rings is 1. The van der Waals surface area contributed by atoms with Gasteiger partial charge in [0.1, 0.15) is 25.1 Å². The molecule has 96 valence electrons. The molecule has 0 saturated heterocycles. The number of aromatic nitrogens is 3. The van der Waals surface area contributed by atoms with E-state index in [0.717, 1.165) is 17.3 Å². The summed E-state index contributed by atoms with van der Waals surface area (Å²) in [7, 11) is 0. The Morgan fingerprint density at radius 3 is 2.90 bits per heavy atom. The molecule has 7 heteroatoms. The summed E-state index contributed by atoms with van der Waals surface area (Å²) in [6.07, 6.45) is 13.8. The van der Waals surface area contributed by atoms with Crippen LogP contribution in [0.3, 0.4) is 0 Å². The van der Waals surface area contributed by atoms with E-state index in [1.54, 1.807) is 43.8 Å². The predicted molar refractivity (Wildman–Crippen MR) is 76.7 cm³/mol. The van der Waals surface area contributed by atoms with Gasteiger partial charge in [0.25, 0.3) is 11.6 Å². The molecule has 2 aromatic rings. The van der Waals surface area contributed by atoms with Crippen LogP contribution in [-0.2, 0) is 0 Å². The largest absolute Gasteiger partial charge is 0.266 e. The van der Waals surface area contributed by atoms with Crippen LogP contribution in [0.15, 0.2) is 64.0 Å². The minimum absolute atomic E-state index is 0.228. The monoisotopic (exact) mass is 264 g/mol. The Hall–Kier alpha value is -2.93. The number of quaternary nitrogens is 1. The van der Waals surface area contributed by atoms with Crippen LogP contribution in [0.25, 0.3) is 5.69 Å². The fourth-order valence-electron chi connectivity index (χ4n) is 2.30. The second-order valence-corrected chi connectivity index (χ2v) is 4.37. The topological polar surface area (TPSA) is 67.8 Å². The highest BCUT2D eigenvalue weighted by Crippen LogP contribution is 2.32. The van der Waals surface area contributed by atoms with Crippen molar-refractivity contribution in [3.8, 4) is 5.69 Å². The molecule has 1 unspecified atom stereocenters. The zero-order chi connectivity index (χ0) is 13.4. The van der Waals surface area contributed by atoms with E-state index >= 15 is 0 Å². The van der Waals surface area contributed by atoms with Crippen LogP contribution in [-0.4, -0.2) is 33.6 Å². The van der Waals surface area contributed by atoms with E-state index in [1.807, 2.05) is 16.7 Å². The van der Waals surface area contributed by atoms with Crippen molar-refractivity contribution in [2.24, 2.45) is 15.0 Å². The van der Waals surface area contributed by atoms with Crippen LogP contribution < -0.4 is 4.48 Å². The van der Waals surface area contributed by atoms with E-state index in [0.29, 0.717) is 0 Å².